The monoisotopic (exact) mass is 546 g/mol. The van der Waals surface area contributed by atoms with Crippen molar-refractivity contribution in [2.45, 2.75) is 52.5 Å². The van der Waals surface area contributed by atoms with Crippen LogP contribution in [0.5, 0.6) is 0 Å². The van der Waals surface area contributed by atoms with E-state index in [2.05, 4.69) is 39.6 Å². The molecule has 0 aliphatic rings. The quantitative estimate of drug-likeness (QED) is 0.215. The fourth-order valence-electron chi connectivity index (χ4n) is 2.54. The van der Waals surface area contributed by atoms with Crippen LogP contribution in [0.2, 0.25) is 0 Å². The van der Waals surface area contributed by atoms with Crippen LogP contribution in [0.15, 0.2) is 12.5 Å². The Balaban J connectivity index is 4.31. The predicted molar refractivity (Wildman–Crippen MR) is 97.7 cm³/mol. The first-order chi connectivity index (χ1) is 11.6. The van der Waals surface area contributed by atoms with E-state index in [1.54, 1.807) is 12.0 Å². The molecular weight excluding hydrogens is 509 g/mol. The van der Waals surface area contributed by atoms with Crippen molar-refractivity contribution < 1.29 is 45.3 Å². The minimum Gasteiger partial charge on any atom is -0.395 e. The first-order valence-corrected chi connectivity index (χ1v) is 11.6. The van der Waals surface area contributed by atoms with Gasteiger partial charge in [-0.05, 0) is 0 Å². The van der Waals surface area contributed by atoms with Crippen molar-refractivity contribution >= 4 is 3.31 Å². The van der Waals surface area contributed by atoms with E-state index in [0.717, 1.165) is 22.6 Å². The van der Waals surface area contributed by atoms with Gasteiger partial charge >= 0.3 is 146 Å². The summed E-state index contributed by atoms with van der Waals surface area (Å²) in [6, 6.07) is 0. The molecule has 0 aliphatic heterocycles. The summed E-state index contributed by atoms with van der Waals surface area (Å²) in [6.07, 6.45) is 3.19. The Bertz CT molecular complexity index is 408. The van der Waals surface area contributed by atoms with Gasteiger partial charge in [-0.15, -0.1) is 0 Å². The molecule has 0 aromatic rings. The summed E-state index contributed by atoms with van der Waals surface area (Å²) in [5.41, 5.74) is 0.0636. The van der Waals surface area contributed by atoms with E-state index < -0.39 is 0 Å². The number of aliphatic hydroxyl groups is 2. The van der Waals surface area contributed by atoms with Gasteiger partial charge in [-0.25, -0.2) is 0 Å². The summed E-state index contributed by atoms with van der Waals surface area (Å²) >= 11 is 0.463. The second-order valence-corrected chi connectivity index (χ2v) is 10.3. The molecule has 0 bridgehead atoms. The summed E-state index contributed by atoms with van der Waals surface area (Å²) < 4.78 is 12.1. The van der Waals surface area contributed by atoms with Crippen LogP contribution in [0.25, 0.3) is 0 Å². The van der Waals surface area contributed by atoms with Crippen molar-refractivity contribution in [1.82, 2.24) is 10.2 Å². The van der Waals surface area contributed by atoms with Gasteiger partial charge in [-0.1, -0.05) is 0 Å². The van der Waals surface area contributed by atoms with Crippen molar-refractivity contribution in [1.29, 1.82) is 0 Å². The van der Waals surface area contributed by atoms with Gasteiger partial charge in [0.25, 0.3) is 0 Å². The van der Waals surface area contributed by atoms with Gasteiger partial charge in [0.2, 0.25) is 0 Å². The van der Waals surface area contributed by atoms with Gasteiger partial charge in [-0.2, -0.15) is 0 Å². The van der Waals surface area contributed by atoms with E-state index in [4.69, 9.17) is 19.7 Å². The SMILES string of the molecule is C=C(OCC(C)(C)CCCC(C)(C)N[C](=[Hg])OC)N(CCO)CCO. The first-order valence-electron chi connectivity index (χ1n) is 8.86. The molecule has 0 fully saturated rings. The van der Waals surface area contributed by atoms with Crippen LogP contribution in [-0.4, -0.2) is 64.0 Å². The Morgan fingerprint density at radius 3 is 2.16 bits per heavy atom. The third kappa shape index (κ3) is 12.1. The van der Waals surface area contributed by atoms with Gasteiger partial charge in [-0.3, -0.25) is 0 Å². The minimum absolute atomic E-state index is 0.00969. The average molecular weight is 545 g/mol. The minimum atomic E-state index is 0.00969. The van der Waals surface area contributed by atoms with Gasteiger partial charge in [0.15, 0.2) is 0 Å². The fourth-order valence-corrected chi connectivity index (χ4v) is 4.40. The maximum absolute atomic E-state index is 9.08. The van der Waals surface area contributed by atoms with Crippen LogP contribution in [0, 0.1) is 5.41 Å². The van der Waals surface area contributed by atoms with Crippen molar-refractivity contribution in [2.75, 3.05) is 40.0 Å². The van der Waals surface area contributed by atoms with E-state index in [-0.39, 0.29) is 24.2 Å². The third-order valence-corrected chi connectivity index (χ3v) is 5.91. The summed E-state index contributed by atoms with van der Waals surface area (Å²) in [5, 5.41) is 21.6. The van der Waals surface area contributed by atoms with Gasteiger partial charge in [0, 0.05) is 0 Å². The Labute approximate surface area is 169 Å². The molecule has 0 aromatic carbocycles. The molecule has 7 heteroatoms. The summed E-state index contributed by atoms with van der Waals surface area (Å²) in [5.74, 6) is 0.510. The molecule has 0 saturated carbocycles. The van der Waals surface area contributed by atoms with Crippen LogP contribution in [0.1, 0.15) is 47.0 Å². The van der Waals surface area contributed by atoms with E-state index in [1.165, 1.54) is 0 Å². The number of rotatable bonds is 15. The van der Waals surface area contributed by atoms with Crippen LogP contribution < -0.4 is 5.32 Å². The van der Waals surface area contributed by atoms with Crippen LogP contribution in [0.4, 0.5) is 0 Å². The standard InChI is InChI=1S/C18H36N2O4.Hg/c1-16(20(10-12-21)11-13-22)24-14-17(2,3)8-7-9-18(4,5)19-15-23-6;/h19,21-22H,1,7-14H2,2-6H3;. The normalized spacial score (nSPS) is 12.2. The summed E-state index contributed by atoms with van der Waals surface area (Å²) in [4.78, 5) is 1.76. The van der Waals surface area contributed by atoms with Crippen molar-refractivity contribution in [3.05, 3.63) is 12.5 Å². The molecule has 0 saturated heterocycles. The smallest absolute Gasteiger partial charge is 0.395 e. The Hall–Kier alpha value is -0.0149. The number of nitrogens with one attached hydrogen (secondary N) is 1. The predicted octanol–water partition coefficient (Wildman–Crippen LogP) is 1.61. The zero-order valence-corrected chi connectivity index (χ0v) is 22.2. The number of methoxy groups -OCH3 is 1. The van der Waals surface area contributed by atoms with Crippen molar-refractivity contribution in [2.24, 2.45) is 5.41 Å². The van der Waals surface area contributed by atoms with Crippen LogP contribution in [-0.2, 0) is 35.1 Å². The number of aliphatic hydroxyl groups excluding tert-OH is 2. The number of ether oxygens (including phenoxy) is 2. The van der Waals surface area contributed by atoms with E-state index in [1.807, 2.05) is 0 Å². The molecule has 0 aliphatic carbocycles. The maximum atomic E-state index is 9.08. The number of hydrogen-bond donors (Lipinski definition) is 3. The molecular formula is C18H36HgN2O4. The van der Waals surface area contributed by atoms with E-state index >= 15 is 0 Å². The van der Waals surface area contributed by atoms with Crippen molar-refractivity contribution in [3.8, 4) is 0 Å². The topological polar surface area (TPSA) is 74.2 Å². The molecule has 0 spiro atoms. The van der Waals surface area contributed by atoms with Crippen LogP contribution in [0.3, 0.4) is 0 Å². The molecule has 0 heterocycles. The molecule has 25 heavy (non-hydrogen) atoms. The van der Waals surface area contributed by atoms with Gasteiger partial charge < -0.3 is 10.2 Å². The summed E-state index contributed by atoms with van der Waals surface area (Å²) in [7, 11) is 1.72. The Morgan fingerprint density at radius 1 is 1.12 bits per heavy atom. The Kier molecular flexibility index (Phi) is 12.4. The molecule has 3 N–H and O–H groups in total. The fraction of sp³-hybridized carbons (Fsp3) is 0.833. The zero-order chi connectivity index (χ0) is 19.5. The van der Waals surface area contributed by atoms with E-state index in [0.29, 0.717) is 51.2 Å². The van der Waals surface area contributed by atoms with Crippen molar-refractivity contribution in [3.63, 3.8) is 0 Å². The third-order valence-electron chi connectivity index (χ3n) is 4.10. The molecule has 144 valence electrons. The molecule has 6 nitrogen and oxygen atoms in total. The van der Waals surface area contributed by atoms with E-state index in [9.17, 15) is 0 Å². The number of hydrogen-bond acceptors (Lipinski definition) is 6. The molecule has 0 atom stereocenters. The molecule has 0 aromatic heterocycles. The zero-order valence-electron chi connectivity index (χ0n) is 16.7. The molecule has 0 unspecified atom stereocenters. The van der Waals surface area contributed by atoms with Gasteiger partial charge in [0.1, 0.15) is 0 Å². The molecule has 0 amide bonds. The average Bonchev–Trinajstić information content (AvgIpc) is 2.51. The van der Waals surface area contributed by atoms with Gasteiger partial charge in [0.05, 0.1) is 13.2 Å². The number of nitrogens with zero attached hydrogens (tertiary/aromatic N) is 1. The van der Waals surface area contributed by atoms with Crippen LogP contribution >= 0.6 is 0 Å². The molecule has 0 radical (unpaired) electrons. The second-order valence-electron chi connectivity index (χ2n) is 7.77. The Morgan fingerprint density at radius 2 is 1.68 bits per heavy atom. The molecule has 0 rings (SSSR count). The summed E-state index contributed by atoms with van der Waals surface area (Å²) in [6.45, 7) is 14.1. The first kappa shape index (κ1) is 25.0. The second kappa shape index (κ2) is 12.4.